The minimum atomic E-state index is -0.378. The fourth-order valence-electron chi connectivity index (χ4n) is 4.93. The number of piperazine rings is 2. The highest BCUT2D eigenvalue weighted by Crippen LogP contribution is 2.33. The van der Waals surface area contributed by atoms with Crippen LogP contribution in [0.5, 0.6) is 0 Å². The molecule has 4 rings (SSSR count). The second kappa shape index (κ2) is 10.0. The number of benzene rings is 2. The zero-order valence-electron chi connectivity index (χ0n) is 20.4. The number of anilines is 1. The van der Waals surface area contributed by atoms with E-state index in [0.717, 1.165) is 50.0 Å². The molecule has 178 valence electrons. The molecule has 0 aliphatic carbocycles. The summed E-state index contributed by atoms with van der Waals surface area (Å²) in [4.78, 5) is 20.0. The van der Waals surface area contributed by atoms with E-state index in [9.17, 15) is 4.79 Å². The van der Waals surface area contributed by atoms with Crippen molar-refractivity contribution in [1.82, 2.24) is 15.1 Å². The Balaban J connectivity index is 1.55. The van der Waals surface area contributed by atoms with Gasteiger partial charge in [0.25, 0.3) is 0 Å². The number of carbonyl (C=O) groups is 1. The Labute approximate surface area is 203 Å². The highest BCUT2D eigenvalue weighted by molar-refractivity contribution is 6.30. The number of halogens is 1. The van der Waals surface area contributed by atoms with Crippen LogP contribution < -0.4 is 10.2 Å². The predicted molar refractivity (Wildman–Crippen MR) is 137 cm³/mol. The van der Waals surface area contributed by atoms with Crippen LogP contribution in [0.15, 0.2) is 48.5 Å². The van der Waals surface area contributed by atoms with Gasteiger partial charge in [-0.05, 0) is 42.3 Å². The second-order valence-electron chi connectivity index (χ2n) is 10.5. The van der Waals surface area contributed by atoms with E-state index in [1.54, 1.807) is 0 Å². The average molecular weight is 469 g/mol. The van der Waals surface area contributed by atoms with Crippen molar-refractivity contribution in [3.63, 3.8) is 0 Å². The first-order valence-corrected chi connectivity index (χ1v) is 12.4. The number of nitrogens with one attached hydrogen (secondary N) is 1. The molecule has 33 heavy (non-hydrogen) atoms. The molecule has 0 unspecified atom stereocenters. The summed E-state index contributed by atoms with van der Waals surface area (Å²) in [6, 6.07) is 17.7. The van der Waals surface area contributed by atoms with Crippen LogP contribution in [0.25, 0.3) is 0 Å². The van der Waals surface area contributed by atoms with Crippen LogP contribution in [0.2, 0.25) is 5.02 Å². The Morgan fingerprint density at radius 2 is 1.70 bits per heavy atom. The van der Waals surface area contributed by atoms with Gasteiger partial charge in [-0.15, -0.1) is 0 Å². The smallest absolute Gasteiger partial charge is 0.228 e. The maximum atomic E-state index is 13.1. The van der Waals surface area contributed by atoms with Gasteiger partial charge >= 0.3 is 0 Å². The fraction of sp³-hybridized carbons (Fsp3) is 0.519. The molecule has 0 saturated carbocycles. The number of amides is 1. The third-order valence-corrected chi connectivity index (χ3v) is 6.94. The van der Waals surface area contributed by atoms with Gasteiger partial charge in [0.15, 0.2) is 0 Å². The zero-order valence-corrected chi connectivity index (χ0v) is 21.1. The lowest BCUT2D eigenvalue weighted by atomic mass is 9.92. The van der Waals surface area contributed by atoms with E-state index in [0.29, 0.717) is 12.6 Å². The molecule has 2 aromatic rings. The van der Waals surface area contributed by atoms with Crippen LogP contribution in [-0.2, 0) is 11.3 Å². The van der Waals surface area contributed by atoms with Crippen LogP contribution in [0, 0.1) is 5.41 Å². The van der Waals surface area contributed by atoms with E-state index in [2.05, 4.69) is 58.4 Å². The van der Waals surface area contributed by atoms with Gasteiger partial charge in [-0.1, -0.05) is 56.6 Å². The van der Waals surface area contributed by atoms with Crippen molar-refractivity contribution in [2.24, 2.45) is 5.41 Å². The van der Waals surface area contributed by atoms with Gasteiger partial charge in [0.2, 0.25) is 5.91 Å². The van der Waals surface area contributed by atoms with Crippen molar-refractivity contribution in [2.45, 2.75) is 46.3 Å². The van der Waals surface area contributed by atoms with E-state index in [-0.39, 0.29) is 17.4 Å². The highest BCUT2D eigenvalue weighted by Gasteiger charge is 2.35. The number of hydrogen-bond acceptors (Lipinski definition) is 4. The van der Waals surface area contributed by atoms with E-state index >= 15 is 0 Å². The number of nitrogens with zero attached hydrogens (tertiary/aromatic N) is 3. The molecule has 0 aromatic heterocycles. The Hall–Kier alpha value is -2.08. The molecule has 0 spiro atoms. The normalized spacial score (nSPS) is 22.5. The molecule has 2 aliphatic rings. The molecule has 2 aromatic carbocycles. The molecule has 5 nitrogen and oxygen atoms in total. The first-order chi connectivity index (χ1) is 15.7. The minimum Gasteiger partial charge on any atom is -0.361 e. The van der Waals surface area contributed by atoms with E-state index in [4.69, 9.17) is 11.6 Å². The van der Waals surface area contributed by atoms with Gasteiger partial charge in [-0.2, -0.15) is 0 Å². The first kappa shape index (κ1) is 24.1. The molecular weight excluding hydrogens is 432 g/mol. The van der Waals surface area contributed by atoms with Gasteiger partial charge in [0, 0.05) is 68.0 Å². The summed E-state index contributed by atoms with van der Waals surface area (Å²) in [7, 11) is 0. The van der Waals surface area contributed by atoms with Gasteiger partial charge in [-0.3, -0.25) is 9.69 Å². The lowest BCUT2D eigenvalue weighted by Crippen LogP contribution is -2.53. The maximum absolute atomic E-state index is 13.1. The van der Waals surface area contributed by atoms with Crippen molar-refractivity contribution in [1.29, 1.82) is 0 Å². The molecule has 2 aliphatic heterocycles. The molecule has 1 amide bonds. The van der Waals surface area contributed by atoms with Crippen molar-refractivity contribution in [3.05, 3.63) is 64.7 Å². The maximum Gasteiger partial charge on any atom is 0.228 e. The minimum absolute atomic E-state index is 0.111. The van der Waals surface area contributed by atoms with Crippen LogP contribution in [0.4, 0.5) is 5.69 Å². The number of carbonyl (C=O) groups excluding carboxylic acids is 1. The zero-order chi connectivity index (χ0) is 23.6. The summed E-state index contributed by atoms with van der Waals surface area (Å²) in [6.45, 7) is 14.7. The Morgan fingerprint density at radius 1 is 1.00 bits per heavy atom. The van der Waals surface area contributed by atoms with E-state index in [1.165, 1.54) is 11.1 Å². The Morgan fingerprint density at radius 3 is 2.33 bits per heavy atom. The molecule has 2 fully saturated rings. The summed E-state index contributed by atoms with van der Waals surface area (Å²) in [5.41, 5.74) is 3.35. The Bertz CT molecular complexity index is 938. The van der Waals surface area contributed by atoms with Crippen LogP contribution in [-0.4, -0.2) is 61.0 Å². The molecule has 0 radical (unpaired) electrons. The first-order valence-electron chi connectivity index (χ1n) is 12.1. The lowest BCUT2D eigenvalue weighted by Gasteiger charge is -2.44. The van der Waals surface area contributed by atoms with Gasteiger partial charge < -0.3 is 15.1 Å². The SMILES string of the molecule is C[C@@H]1CN(Cc2ccc([C@@H]3CN(C(=O)C(C)(C)C)CCN3c3ccc(Cl)cc3)cc2)CCN1. The van der Waals surface area contributed by atoms with Gasteiger partial charge in [0.05, 0.1) is 6.04 Å². The summed E-state index contributed by atoms with van der Waals surface area (Å²) < 4.78 is 0. The predicted octanol–water partition coefficient (Wildman–Crippen LogP) is 4.57. The molecule has 2 heterocycles. The number of rotatable bonds is 4. The third kappa shape index (κ3) is 5.89. The third-order valence-electron chi connectivity index (χ3n) is 6.69. The van der Waals surface area contributed by atoms with Crippen LogP contribution in [0.1, 0.15) is 44.9 Å². The van der Waals surface area contributed by atoms with E-state index in [1.807, 2.05) is 37.8 Å². The van der Waals surface area contributed by atoms with Crippen molar-refractivity contribution in [3.8, 4) is 0 Å². The monoisotopic (exact) mass is 468 g/mol. The molecule has 0 bridgehead atoms. The van der Waals surface area contributed by atoms with Gasteiger partial charge in [-0.25, -0.2) is 0 Å². The topological polar surface area (TPSA) is 38.8 Å². The van der Waals surface area contributed by atoms with Gasteiger partial charge in [0.1, 0.15) is 0 Å². The summed E-state index contributed by atoms with van der Waals surface area (Å²) in [5.74, 6) is 0.215. The molecule has 2 atom stereocenters. The molecule has 6 heteroatoms. The van der Waals surface area contributed by atoms with E-state index < -0.39 is 0 Å². The standard InChI is InChI=1S/C27H37ClN4O/c1-20-17-30(14-13-29-20)18-21-5-7-22(8-6-21)25-19-31(26(33)27(2,3)4)15-16-32(25)24-11-9-23(28)10-12-24/h5-12,20,25,29H,13-19H2,1-4H3/t20-,25+/m1/s1. The highest BCUT2D eigenvalue weighted by atomic mass is 35.5. The molecule has 1 N–H and O–H groups in total. The molecule has 2 saturated heterocycles. The quantitative estimate of drug-likeness (QED) is 0.713. The number of hydrogen-bond donors (Lipinski definition) is 1. The lowest BCUT2D eigenvalue weighted by molar-refractivity contribution is -0.140. The summed E-state index contributed by atoms with van der Waals surface area (Å²) >= 11 is 6.15. The second-order valence-corrected chi connectivity index (χ2v) is 11.0. The summed E-state index contributed by atoms with van der Waals surface area (Å²) in [5, 5.41) is 4.25. The largest absolute Gasteiger partial charge is 0.361 e. The Kier molecular flexibility index (Phi) is 7.32. The van der Waals surface area contributed by atoms with Crippen molar-refractivity contribution >= 4 is 23.2 Å². The molecular formula is C27H37ClN4O. The average Bonchev–Trinajstić information content (AvgIpc) is 2.79. The van der Waals surface area contributed by atoms with Crippen LogP contribution in [0.3, 0.4) is 0 Å². The van der Waals surface area contributed by atoms with Crippen molar-refractivity contribution in [2.75, 3.05) is 44.2 Å². The van der Waals surface area contributed by atoms with Crippen molar-refractivity contribution < 1.29 is 4.79 Å². The summed E-state index contributed by atoms with van der Waals surface area (Å²) in [6.07, 6.45) is 0. The fourth-order valence-corrected chi connectivity index (χ4v) is 5.05. The van der Waals surface area contributed by atoms with Crippen LogP contribution >= 0.6 is 11.6 Å².